The molecule has 0 spiro atoms. The van der Waals surface area contributed by atoms with Crippen molar-refractivity contribution in [3.63, 3.8) is 0 Å². The molecule has 0 amide bonds. The summed E-state index contributed by atoms with van der Waals surface area (Å²) < 4.78 is 0. The molecule has 0 aromatic carbocycles. The molecule has 1 fully saturated rings. The van der Waals surface area contributed by atoms with Crippen molar-refractivity contribution in [2.45, 2.75) is 45.2 Å². The van der Waals surface area contributed by atoms with Crippen molar-refractivity contribution in [3.05, 3.63) is 0 Å². The van der Waals surface area contributed by atoms with Crippen LogP contribution in [-0.4, -0.2) is 6.71 Å². The third kappa shape index (κ3) is 2.97. The van der Waals surface area contributed by atoms with E-state index in [2.05, 4.69) is 5.97 Å². The molecular formula is C9H16BN. The average molecular weight is 149 g/mol. The lowest BCUT2D eigenvalue weighted by molar-refractivity contribution is 0.529. The Balaban J connectivity index is 2.07. The molecule has 0 heterocycles. The number of hydrogen-bond acceptors (Lipinski definition) is 1. The first kappa shape index (κ1) is 8.65. The summed E-state index contributed by atoms with van der Waals surface area (Å²) in [4.78, 5) is 0. The fourth-order valence-electron chi connectivity index (χ4n) is 1.85. The minimum Gasteiger partial charge on any atom is -0.213 e. The van der Waals surface area contributed by atoms with Crippen molar-refractivity contribution in [3.8, 4) is 5.97 Å². The molecule has 1 aliphatic rings. The standard InChI is InChI=1S/C9H16BN/c1-10(8-11)7-6-9-4-2-3-5-9/h9H,2-7H2,1H3. The van der Waals surface area contributed by atoms with E-state index in [0.29, 0.717) is 0 Å². The zero-order valence-corrected chi connectivity index (χ0v) is 7.34. The first-order valence-corrected chi connectivity index (χ1v) is 4.72. The molecule has 0 aliphatic heterocycles. The maximum Gasteiger partial charge on any atom is 0.264 e. The van der Waals surface area contributed by atoms with Gasteiger partial charge in [-0.25, -0.2) is 5.26 Å². The predicted molar refractivity (Wildman–Crippen MR) is 48.6 cm³/mol. The summed E-state index contributed by atoms with van der Waals surface area (Å²) in [6.45, 7) is 2.30. The third-order valence-electron chi connectivity index (χ3n) is 2.70. The maximum atomic E-state index is 8.56. The van der Waals surface area contributed by atoms with Crippen LogP contribution in [0.15, 0.2) is 0 Å². The Kier molecular flexibility index (Phi) is 3.49. The molecule has 1 aliphatic carbocycles. The second kappa shape index (κ2) is 4.44. The highest BCUT2D eigenvalue weighted by molar-refractivity contribution is 6.65. The Morgan fingerprint density at radius 2 is 2.09 bits per heavy atom. The van der Waals surface area contributed by atoms with E-state index in [4.69, 9.17) is 5.26 Å². The SMILES string of the molecule is CB(C#N)CCC1CCCC1. The molecule has 1 saturated carbocycles. The zero-order chi connectivity index (χ0) is 8.10. The largest absolute Gasteiger partial charge is 0.264 e. The molecule has 1 nitrogen and oxygen atoms in total. The minimum absolute atomic E-state index is 0.274. The van der Waals surface area contributed by atoms with Crippen LogP contribution in [0.1, 0.15) is 32.1 Å². The monoisotopic (exact) mass is 149 g/mol. The summed E-state index contributed by atoms with van der Waals surface area (Å²) in [6, 6.07) is 0. The van der Waals surface area contributed by atoms with Crippen LogP contribution in [0.5, 0.6) is 0 Å². The van der Waals surface area contributed by atoms with Crippen molar-refractivity contribution < 1.29 is 0 Å². The van der Waals surface area contributed by atoms with Crippen molar-refractivity contribution in [1.29, 1.82) is 5.26 Å². The van der Waals surface area contributed by atoms with E-state index in [1.165, 1.54) is 32.1 Å². The summed E-state index contributed by atoms with van der Waals surface area (Å²) >= 11 is 0. The van der Waals surface area contributed by atoms with Crippen LogP contribution in [0.25, 0.3) is 0 Å². The Hall–Kier alpha value is -0.445. The molecule has 0 N–H and O–H groups in total. The molecule has 0 unspecified atom stereocenters. The van der Waals surface area contributed by atoms with Gasteiger partial charge in [0.2, 0.25) is 0 Å². The second-order valence-electron chi connectivity index (χ2n) is 3.76. The van der Waals surface area contributed by atoms with Gasteiger partial charge in [-0.15, -0.1) is 0 Å². The van der Waals surface area contributed by atoms with Gasteiger partial charge in [0.1, 0.15) is 0 Å². The molecule has 0 radical (unpaired) electrons. The highest BCUT2D eigenvalue weighted by Crippen LogP contribution is 2.28. The van der Waals surface area contributed by atoms with Crippen molar-refractivity contribution in [2.24, 2.45) is 5.92 Å². The summed E-state index contributed by atoms with van der Waals surface area (Å²) in [5.74, 6) is 3.24. The van der Waals surface area contributed by atoms with Crippen LogP contribution in [0.4, 0.5) is 0 Å². The van der Waals surface area contributed by atoms with Crippen molar-refractivity contribution in [1.82, 2.24) is 0 Å². The maximum absolute atomic E-state index is 8.56. The molecule has 60 valence electrons. The number of nitrogens with zero attached hydrogens (tertiary/aromatic N) is 1. The minimum atomic E-state index is 0.274. The van der Waals surface area contributed by atoms with E-state index in [1.54, 1.807) is 0 Å². The second-order valence-corrected chi connectivity index (χ2v) is 3.76. The fourth-order valence-corrected chi connectivity index (χ4v) is 1.85. The van der Waals surface area contributed by atoms with Gasteiger partial charge in [-0.05, 0) is 5.92 Å². The lowest BCUT2D eigenvalue weighted by Gasteiger charge is -2.06. The van der Waals surface area contributed by atoms with Gasteiger partial charge in [0.25, 0.3) is 6.71 Å². The highest BCUT2D eigenvalue weighted by atomic mass is 14.2. The van der Waals surface area contributed by atoms with Gasteiger partial charge < -0.3 is 0 Å². The van der Waals surface area contributed by atoms with E-state index in [1.807, 2.05) is 6.82 Å². The molecule has 11 heavy (non-hydrogen) atoms. The van der Waals surface area contributed by atoms with Crippen LogP contribution in [-0.2, 0) is 0 Å². The molecule has 0 atom stereocenters. The highest BCUT2D eigenvalue weighted by Gasteiger charge is 2.16. The van der Waals surface area contributed by atoms with Crippen LogP contribution in [0.3, 0.4) is 0 Å². The van der Waals surface area contributed by atoms with E-state index in [-0.39, 0.29) is 6.71 Å². The lowest BCUT2D eigenvalue weighted by Crippen LogP contribution is -2.05. The van der Waals surface area contributed by atoms with E-state index in [0.717, 1.165) is 12.2 Å². The normalized spacial score (nSPS) is 18.2. The van der Waals surface area contributed by atoms with Crippen LogP contribution in [0.2, 0.25) is 13.1 Å². The van der Waals surface area contributed by atoms with Crippen LogP contribution >= 0.6 is 0 Å². The summed E-state index contributed by atoms with van der Waals surface area (Å²) in [5.41, 5.74) is 0. The Morgan fingerprint density at radius 1 is 1.45 bits per heavy atom. The lowest BCUT2D eigenvalue weighted by atomic mass is 9.50. The molecule has 0 aromatic heterocycles. The Morgan fingerprint density at radius 3 is 2.64 bits per heavy atom. The quantitative estimate of drug-likeness (QED) is 0.566. The van der Waals surface area contributed by atoms with Gasteiger partial charge in [-0.2, -0.15) is 0 Å². The smallest absolute Gasteiger partial charge is 0.213 e. The van der Waals surface area contributed by atoms with Gasteiger partial charge in [-0.1, -0.05) is 45.2 Å². The molecule has 0 bridgehead atoms. The van der Waals surface area contributed by atoms with Gasteiger partial charge in [-0.3, -0.25) is 0 Å². The third-order valence-corrected chi connectivity index (χ3v) is 2.70. The Labute approximate surface area is 69.9 Å². The van der Waals surface area contributed by atoms with Crippen LogP contribution in [0, 0.1) is 17.1 Å². The topological polar surface area (TPSA) is 23.8 Å². The van der Waals surface area contributed by atoms with E-state index >= 15 is 0 Å². The summed E-state index contributed by atoms with van der Waals surface area (Å²) in [6.07, 6.45) is 8.07. The zero-order valence-electron chi connectivity index (χ0n) is 7.34. The predicted octanol–water partition coefficient (Wildman–Crippen LogP) is 2.75. The number of nitriles is 1. The van der Waals surface area contributed by atoms with E-state index < -0.39 is 0 Å². The first-order chi connectivity index (χ1) is 5.33. The summed E-state index contributed by atoms with van der Waals surface area (Å²) in [5, 5.41) is 8.56. The molecule has 0 aromatic rings. The van der Waals surface area contributed by atoms with Gasteiger partial charge in [0.05, 0.1) is 0 Å². The molecule has 1 rings (SSSR count). The van der Waals surface area contributed by atoms with Gasteiger partial charge >= 0.3 is 0 Å². The van der Waals surface area contributed by atoms with Gasteiger partial charge in [0, 0.05) is 5.97 Å². The van der Waals surface area contributed by atoms with Crippen LogP contribution < -0.4 is 0 Å². The molecular weight excluding hydrogens is 133 g/mol. The van der Waals surface area contributed by atoms with Crippen molar-refractivity contribution in [2.75, 3.05) is 0 Å². The van der Waals surface area contributed by atoms with Gasteiger partial charge in [0.15, 0.2) is 0 Å². The molecule has 2 heteroatoms. The number of hydrogen-bond donors (Lipinski definition) is 0. The fraction of sp³-hybridized carbons (Fsp3) is 0.889. The average Bonchev–Trinajstić information content (AvgIpc) is 2.52. The van der Waals surface area contributed by atoms with E-state index in [9.17, 15) is 0 Å². The summed E-state index contributed by atoms with van der Waals surface area (Å²) in [7, 11) is 0. The molecule has 0 saturated heterocycles. The number of rotatable bonds is 3. The Bertz CT molecular complexity index is 144. The first-order valence-electron chi connectivity index (χ1n) is 4.72. The van der Waals surface area contributed by atoms with Crippen molar-refractivity contribution >= 4 is 6.71 Å².